The van der Waals surface area contributed by atoms with Crippen LogP contribution in [-0.2, 0) is 27.5 Å². The summed E-state index contributed by atoms with van der Waals surface area (Å²) in [6.45, 7) is 0.925. The summed E-state index contributed by atoms with van der Waals surface area (Å²) in [5.41, 5.74) is 7.95. The standard InChI is InChI=1S/C18H20N2O3.C2HF3O2/c19-12-14-6-8-16(9-7-14)18(22)20-11-10-17(21)23-13-15-4-2-1-3-5-15;3-2(4,5)1(6)7/h1-9H,10-13,19H2,(H,20,22);(H,6,7). The fourth-order valence-electron chi connectivity index (χ4n) is 1.98. The zero-order valence-electron chi connectivity index (χ0n) is 15.8. The predicted molar refractivity (Wildman–Crippen MR) is 101 cm³/mol. The van der Waals surface area contributed by atoms with Gasteiger partial charge in [-0.25, -0.2) is 4.79 Å². The number of halogens is 3. The van der Waals surface area contributed by atoms with Gasteiger partial charge < -0.3 is 20.9 Å². The van der Waals surface area contributed by atoms with Gasteiger partial charge in [-0.15, -0.1) is 0 Å². The van der Waals surface area contributed by atoms with Crippen LogP contribution in [0.3, 0.4) is 0 Å². The predicted octanol–water partition coefficient (Wildman–Crippen LogP) is 2.64. The molecule has 0 unspecified atom stereocenters. The number of nitrogens with one attached hydrogen (secondary N) is 1. The largest absolute Gasteiger partial charge is 0.490 e. The van der Waals surface area contributed by atoms with Gasteiger partial charge in [0.15, 0.2) is 0 Å². The molecule has 0 saturated carbocycles. The number of hydrogen-bond acceptors (Lipinski definition) is 5. The summed E-state index contributed by atoms with van der Waals surface area (Å²) in [6.07, 6.45) is -4.94. The number of carbonyl (C=O) groups is 3. The number of hydrogen-bond donors (Lipinski definition) is 3. The molecule has 0 fully saturated rings. The Kier molecular flexibility index (Phi) is 10.0. The summed E-state index contributed by atoms with van der Waals surface area (Å²) in [5.74, 6) is -3.32. The Morgan fingerprint density at radius 3 is 2.03 bits per heavy atom. The first-order chi connectivity index (χ1) is 14.1. The Hall–Kier alpha value is -3.40. The molecule has 0 spiro atoms. The SMILES string of the molecule is NCc1ccc(C(=O)NCCC(=O)OCc2ccccc2)cc1.O=C(O)C(F)(F)F. The summed E-state index contributed by atoms with van der Waals surface area (Å²) >= 11 is 0. The molecule has 0 heterocycles. The topological polar surface area (TPSA) is 119 Å². The number of benzene rings is 2. The molecule has 0 atom stereocenters. The van der Waals surface area contributed by atoms with E-state index in [9.17, 15) is 22.8 Å². The first-order valence-corrected chi connectivity index (χ1v) is 8.70. The summed E-state index contributed by atoms with van der Waals surface area (Å²) in [4.78, 5) is 32.4. The van der Waals surface area contributed by atoms with E-state index >= 15 is 0 Å². The van der Waals surface area contributed by atoms with Gasteiger partial charge >= 0.3 is 18.1 Å². The van der Waals surface area contributed by atoms with Crippen molar-refractivity contribution >= 4 is 17.8 Å². The molecule has 0 saturated heterocycles. The van der Waals surface area contributed by atoms with Crippen molar-refractivity contribution in [2.75, 3.05) is 6.54 Å². The Labute approximate surface area is 170 Å². The van der Waals surface area contributed by atoms with Crippen LogP contribution in [0.5, 0.6) is 0 Å². The van der Waals surface area contributed by atoms with E-state index in [0.717, 1.165) is 11.1 Å². The van der Waals surface area contributed by atoms with E-state index in [1.807, 2.05) is 42.5 Å². The number of esters is 1. The molecule has 0 aliphatic carbocycles. The summed E-state index contributed by atoms with van der Waals surface area (Å²) in [7, 11) is 0. The van der Waals surface area contributed by atoms with Gasteiger partial charge in [0.05, 0.1) is 6.42 Å². The Bertz CT molecular complexity index is 825. The minimum Gasteiger partial charge on any atom is -0.475 e. The van der Waals surface area contributed by atoms with Gasteiger partial charge in [0, 0.05) is 18.7 Å². The molecule has 0 aliphatic heterocycles. The van der Waals surface area contributed by atoms with Gasteiger partial charge in [0.2, 0.25) is 0 Å². The fraction of sp³-hybridized carbons (Fsp3) is 0.250. The van der Waals surface area contributed by atoms with Gasteiger partial charge in [-0.05, 0) is 23.3 Å². The number of carbonyl (C=O) groups excluding carboxylic acids is 2. The average Bonchev–Trinajstić information content (AvgIpc) is 2.72. The smallest absolute Gasteiger partial charge is 0.475 e. The molecule has 0 aliphatic rings. The van der Waals surface area contributed by atoms with Crippen molar-refractivity contribution in [3.8, 4) is 0 Å². The number of carboxylic acid groups (broad SMARTS) is 1. The van der Waals surface area contributed by atoms with Crippen molar-refractivity contribution in [2.24, 2.45) is 5.73 Å². The molecule has 0 bridgehead atoms. The maximum absolute atomic E-state index is 11.9. The van der Waals surface area contributed by atoms with Crippen LogP contribution in [0.1, 0.15) is 27.9 Å². The van der Waals surface area contributed by atoms with E-state index in [-0.39, 0.29) is 31.4 Å². The molecular weight excluding hydrogens is 405 g/mol. The first-order valence-electron chi connectivity index (χ1n) is 8.70. The van der Waals surface area contributed by atoms with E-state index in [1.54, 1.807) is 12.1 Å². The van der Waals surface area contributed by atoms with Crippen LogP contribution in [0.15, 0.2) is 54.6 Å². The second kappa shape index (κ2) is 12.2. The van der Waals surface area contributed by atoms with Gasteiger partial charge in [-0.3, -0.25) is 9.59 Å². The van der Waals surface area contributed by atoms with Gasteiger partial charge in [0.25, 0.3) is 5.91 Å². The van der Waals surface area contributed by atoms with Crippen LogP contribution in [0.25, 0.3) is 0 Å². The Balaban J connectivity index is 0.000000553. The molecule has 10 heteroatoms. The lowest BCUT2D eigenvalue weighted by Crippen LogP contribution is -2.26. The van der Waals surface area contributed by atoms with Gasteiger partial charge in [-0.2, -0.15) is 13.2 Å². The molecule has 1 amide bonds. The quantitative estimate of drug-likeness (QED) is 0.586. The van der Waals surface area contributed by atoms with E-state index in [0.29, 0.717) is 12.1 Å². The maximum atomic E-state index is 11.9. The maximum Gasteiger partial charge on any atom is 0.490 e. The van der Waals surface area contributed by atoms with Crippen LogP contribution in [0.4, 0.5) is 13.2 Å². The molecule has 0 radical (unpaired) electrons. The van der Waals surface area contributed by atoms with Crippen LogP contribution in [-0.4, -0.2) is 35.7 Å². The average molecular weight is 426 g/mol. The molecule has 2 aromatic carbocycles. The third-order valence-electron chi connectivity index (χ3n) is 3.55. The van der Waals surface area contributed by atoms with E-state index in [4.69, 9.17) is 20.4 Å². The molecule has 4 N–H and O–H groups in total. The van der Waals surface area contributed by atoms with Crippen molar-refractivity contribution in [1.29, 1.82) is 0 Å². The molecular formula is C20H21F3N2O5. The molecule has 30 heavy (non-hydrogen) atoms. The highest BCUT2D eigenvalue weighted by molar-refractivity contribution is 5.94. The number of carboxylic acids is 1. The van der Waals surface area contributed by atoms with E-state index in [2.05, 4.69) is 5.32 Å². The summed E-state index contributed by atoms with van der Waals surface area (Å²) in [6, 6.07) is 16.5. The first kappa shape index (κ1) is 24.6. The molecule has 0 aromatic heterocycles. The number of alkyl halides is 3. The van der Waals surface area contributed by atoms with Gasteiger partial charge in [0.1, 0.15) is 6.61 Å². The van der Waals surface area contributed by atoms with Crippen molar-refractivity contribution in [3.63, 3.8) is 0 Å². The Morgan fingerprint density at radius 1 is 0.967 bits per heavy atom. The second-order valence-corrected chi connectivity index (χ2v) is 5.86. The highest BCUT2D eigenvalue weighted by Crippen LogP contribution is 2.13. The van der Waals surface area contributed by atoms with Crippen molar-refractivity contribution in [1.82, 2.24) is 5.32 Å². The number of aliphatic carboxylic acids is 1. The van der Waals surface area contributed by atoms with Crippen molar-refractivity contribution in [2.45, 2.75) is 25.7 Å². The minimum atomic E-state index is -5.08. The number of rotatable bonds is 7. The van der Waals surface area contributed by atoms with E-state index < -0.39 is 12.1 Å². The lowest BCUT2D eigenvalue weighted by Gasteiger charge is -2.07. The lowest BCUT2D eigenvalue weighted by atomic mass is 10.1. The van der Waals surface area contributed by atoms with Gasteiger partial charge in [-0.1, -0.05) is 42.5 Å². The lowest BCUT2D eigenvalue weighted by molar-refractivity contribution is -0.192. The Morgan fingerprint density at radius 2 is 1.53 bits per heavy atom. The van der Waals surface area contributed by atoms with Crippen LogP contribution in [0.2, 0.25) is 0 Å². The monoisotopic (exact) mass is 426 g/mol. The number of nitrogens with two attached hydrogens (primary N) is 1. The fourth-order valence-corrected chi connectivity index (χ4v) is 1.98. The number of ether oxygens (including phenoxy) is 1. The zero-order valence-corrected chi connectivity index (χ0v) is 15.8. The van der Waals surface area contributed by atoms with E-state index in [1.165, 1.54) is 0 Å². The summed E-state index contributed by atoms with van der Waals surface area (Å²) < 4.78 is 36.9. The minimum absolute atomic E-state index is 0.138. The molecule has 7 nitrogen and oxygen atoms in total. The van der Waals surface area contributed by atoms with Crippen molar-refractivity contribution < 1.29 is 37.4 Å². The van der Waals surface area contributed by atoms with Crippen LogP contribution in [0, 0.1) is 0 Å². The number of amides is 1. The molecule has 2 aromatic rings. The third kappa shape index (κ3) is 9.69. The van der Waals surface area contributed by atoms with Crippen molar-refractivity contribution in [3.05, 3.63) is 71.3 Å². The third-order valence-corrected chi connectivity index (χ3v) is 3.55. The second-order valence-electron chi connectivity index (χ2n) is 5.86. The molecule has 162 valence electrons. The highest BCUT2D eigenvalue weighted by atomic mass is 19.4. The highest BCUT2D eigenvalue weighted by Gasteiger charge is 2.38. The molecule has 2 rings (SSSR count). The summed E-state index contributed by atoms with van der Waals surface area (Å²) in [5, 5.41) is 9.82. The normalized spacial score (nSPS) is 10.4. The zero-order chi connectivity index (χ0) is 22.6. The van der Waals surface area contributed by atoms with Crippen LogP contribution < -0.4 is 11.1 Å². The van der Waals surface area contributed by atoms with Crippen LogP contribution >= 0.6 is 0 Å².